The molecule has 0 unspecified atom stereocenters. The molecule has 1 saturated carbocycles. The number of ether oxygens (including phenoxy) is 1. The van der Waals surface area contributed by atoms with Crippen LogP contribution in [0.5, 0.6) is 0 Å². The van der Waals surface area contributed by atoms with Gasteiger partial charge in [-0.25, -0.2) is 0 Å². The standard InChI is InChI=1S/C12H24N2O2/c1-13-12(15)7-8-14-9-10-16-11-5-3-2-4-6-11/h11,14H,2-10H2,1H3,(H,13,15). The van der Waals surface area contributed by atoms with E-state index in [1.54, 1.807) is 7.05 Å². The van der Waals surface area contributed by atoms with Gasteiger partial charge in [-0.15, -0.1) is 0 Å². The first-order chi connectivity index (χ1) is 7.83. The Balaban J connectivity index is 1.85. The van der Waals surface area contributed by atoms with E-state index < -0.39 is 0 Å². The summed E-state index contributed by atoms with van der Waals surface area (Å²) in [5.74, 6) is 0.0840. The Bertz CT molecular complexity index is 191. The number of amides is 1. The highest BCUT2D eigenvalue weighted by molar-refractivity contribution is 5.75. The minimum atomic E-state index is 0.0840. The third-order valence-electron chi connectivity index (χ3n) is 2.99. The third kappa shape index (κ3) is 6.08. The highest BCUT2D eigenvalue weighted by atomic mass is 16.5. The topological polar surface area (TPSA) is 50.4 Å². The highest BCUT2D eigenvalue weighted by Crippen LogP contribution is 2.19. The van der Waals surface area contributed by atoms with Gasteiger partial charge in [0.05, 0.1) is 12.7 Å². The summed E-state index contributed by atoms with van der Waals surface area (Å²) in [4.78, 5) is 10.9. The van der Waals surface area contributed by atoms with Crippen molar-refractivity contribution >= 4 is 5.91 Å². The molecule has 0 atom stereocenters. The molecule has 0 bridgehead atoms. The normalized spacial score (nSPS) is 17.3. The molecule has 94 valence electrons. The van der Waals surface area contributed by atoms with E-state index in [2.05, 4.69) is 10.6 Å². The molecule has 1 fully saturated rings. The lowest BCUT2D eigenvalue weighted by Crippen LogP contribution is -2.28. The number of hydrogen-bond donors (Lipinski definition) is 2. The zero-order chi connectivity index (χ0) is 11.6. The van der Waals surface area contributed by atoms with Crippen LogP contribution in [0, 0.1) is 0 Å². The predicted octanol–water partition coefficient (Wildman–Crippen LogP) is 1.06. The maximum atomic E-state index is 10.9. The second-order valence-electron chi connectivity index (χ2n) is 4.30. The van der Waals surface area contributed by atoms with E-state index >= 15 is 0 Å². The Morgan fingerprint density at radius 3 is 2.69 bits per heavy atom. The average Bonchev–Trinajstić information content (AvgIpc) is 2.34. The van der Waals surface area contributed by atoms with E-state index in [0.29, 0.717) is 12.5 Å². The van der Waals surface area contributed by atoms with E-state index in [9.17, 15) is 4.79 Å². The summed E-state index contributed by atoms with van der Waals surface area (Å²) in [5, 5.41) is 5.80. The summed E-state index contributed by atoms with van der Waals surface area (Å²) < 4.78 is 5.75. The first kappa shape index (κ1) is 13.5. The third-order valence-corrected chi connectivity index (χ3v) is 2.99. The van der Waals surface area contributed by atoms with E-state index in [-0.39, 0.29) is 5.91 Å². The summed E-state index contributed by atoms with van der Waals surface area (Å²) in [6.07, 6.45) is 7.46. The zero-order valence-corrected chi connectivity index (χ0v) is 10.3. The Kier molecular flexibility index (Phi) is 7.17. The molecule has 0 radical (unpaired) electrons. The van der Waals surface area contributed by atoms with Gasteiger partial charge in [0.1, 0.15) is 0 Å². The van der Waals surface area contributed by atoms with Crippen LogP contribution >= 0.6 is 0 Å². The van der Waals surface area contributed by atoms with Gasteiger partial charge in [0, 0.05) is 26.6 Å². The molecule has 16 heavy (non-hydrogen) atoms. The quantitative estimate of drug-likeness (QED) is 0.641. The first-order valence-electron chi connectivity index (χ1n) is 6.36. The van der Waals surface area contributed by atoms with Crippen LogP contribution in [0.25, 0.3) is 0 Å². The lowest BCUT2D eigenvalue weighted by Gasteiger charge is -2.21. The van der Waals surface area contributed by atoms with Crippen LogP contribution in [0.15, 0.2) is 0 Å². The van der Waals surface area contributed by atoms with Gasteiger partial charge in [-0.1, -0.05) is 19.3 Å². The SMILES string of the molecule is CNC(=O)CCNCCOC1CCCCC1. The first-order valence-corrected chi connectivity index (χ1v) is 6.36. The number of carbonyl (C=O) groups excluding carboxylic acids is 1. The van der Waals surface area contributed by atoms with E-state index in [1.807, 2.05) is 0 Å². The van der Waals surface area contributed by atoms with Crippen molar-refractivity contribution in [1.29, 1.82) is 0 Å². The van der Waals surface area contributed by atoms with Crippen LogP contribution in [0.2, 0.25) is 0 Å². The fourth-order valence-electron chi connectivity index (χ4n) is 1.98. The second-order valence-corrected chi connectivity index (χ2v) is 4.30. The summed E-state index contributed by atoms with van der Waals surface area (Å²) in [6.45, 7) is 2.33. The Hall–Kier alpha value is -0.610. The molecule has 0 aromatic carbocycles. The Morgan fingerprint density at radius 1 is 1.25 bits per heavy atom. The summed E-state index contributed by atoms with van der Waals surface area (Å²) >= 11 is 0. The fraction of sp³-hybridized carbons (Fsp3) is 0.917. The Morgan fingerprint density at radius 2 is 2.00 bits per heavy atom. The maximum Gasteiger partial charge on any atom is 0.221 e. The van der Waals surface area contributed by atoms with Crippen LogP contribution in [0.3, 0.4) is 0 Å². The minimum absolute atomic E-state index is 0.0840. The molecule has 4 heteroatoms. The molecule has 1 amide bonds. The van der Waals surface area contributed by atoms with Gasteiger partial charge < -0.3 is 15.4 Å². The summed E-state index contributed by atoms with van der Waals surface area (Å²) in [5.41, 5.74) is 0. The van der Waals surface area contributed by atoms with Crippen LogP contribution in [0.4, 0.5) is 0 Å². The van der Waals surface area contributed by atoms with E-state index in [1.165, 1.54) is 32.1 Å². The number of hydrogen-bond acceptors (Lipinski definition) is 3. The maximum absolute atomic E-state index is 10.9. The molecular weight excluding hydrogens is 204 g/mol. The molecule has 1 aliphatic rings. The summed E-state index contributed by atoms with van der Waals surface area (Å²) in [7, 11) is 1.66. The second kappa shape index (κ2) is 8.53. The largest absolute Gasteiger partial charge is 0.377 e. The molecule has 0 aliphatic heterocycles. The van der Waals surface area contributed by atoms with Crippen molar-refractivity contribution in [1.82, 2.24) is 10.6 Å². The summed E-state index contributed by atoms with van der Waals surface area (Å²) in [6, 6.07) is 0. The Labute approximate surface area is 98.1 Å². The molecule has 1 aliphatic carbocycles. The molecule has 0 saturated heterocycles. The minimum Gasteiger partial charge on any atom is -0.377 e. The molecular formula is C12H24N2O2. The van der Waals surface area contributed by atoms with Crippen LogP contribution in [-0.4, -0.2) is 38.8 Å². The van der Waals surface area contributed by atoms with Crippen molar-refractivity contribution in [2.45, 2.75) is 44.6 Å². The van der Waals surface area contributed by atoms with Gasteiger partial charge in [-0.2, -0.15) is 0 Å². The van der Waals surface area contributed by atoms with Crippen molar-refractivity contribution in [3.05, 3.63) is 0 Å². The molecule has 0 heterocycles. The molecule has 0 aromatic rings. The fourth-order valence-corrected chi connectivity index (χ4v) is 1.98. The molecule has 4 nitrogen and oxygen atoms in total. The van der Waals surface area contributed by atoms with Gasteiger partial charge in [0.15, 0.2) is 0 Å². The molecule has 2 N–H and O–H groups in total. The van der Waals surface area contributed by atoms with Crippen molar-refractivity contribution in [3.8, 4) is 0 Å². The van der Waals surface area contributed by atoms with Gasteiger partial charge in [0.25, 0.3) is 0 Å². The van der Waals surface area contributed by atoms with Gasteiger partial charge in [-0.05, 0) is 12.8 Å². The van der Waals surface area contributed by atoms with Crippen molar-refractivity contribution in [3.63, 3.8) is 0 Å². The molecule has 0 aromatic heterocycles. The van der Waals surface area contributed by atoms with Crippen LogP contribution in [0.1, 0.15) is 38.5 Å². The zero-order valence-electron chi connectivity index (χ0n) is 10.3. The van der Waals surface area contributed by atoms with Gasteiger partial charge in [-0.3, -0.25) is 4.79 Å². The van der Waals surface area contributed by atoms with Gasteiger partial charge in [0.2, 0.25) is 5.91 Å². The molecule has 0 spiro atoms. The van der Waals surface area contributed by atoms with Crippen LogP contribution < -0.4 is 10.6 Å². The van der Waals surface area contributed by atoms with Crippen molar-refractivity contribution < 1.29 is 9.53 Å². The van der Waals surface area contributed by atoms with Gasteiger partial charge >= 0.3 is 0 Å². The van der Waals surface area contributed by atoms with Crippen molar-refractivity contribution in [2.75, 3.05) is 26.7 Å². The van der Waals surface area contributed by atoms with Crippen molar-refractivity contribution in [2.24, 2.45) is 0 Å². The highest BCUT2D eigenvalue weighted by Gasteiger charge is 2.12. The molecule has 1 rings (SSSR count). The average molecular weight is 228 g/mol. The number of nitrogens with one attached hydrogen (secondary N) is 2. The van der Waals surface area contributed by atoms with Crippen LogP contribution in [-0.2, 0) is 9.53 Å². The lowest BCUT2D eigenvalue weighted by atomic mass is 9.98. The smallest absolute Gasteiger partial charge is 0.221 e. The number of carbonyl (C=O) groups is 1. The monoisotopic (exact) mass is 228 g/mol. The van der Waals surface area contributed by atoms with E-state index in [0.717, 1.165) is 19.7 Å². The van der Waals surface area contributed by atoms with E-state index in [4.69, 9.17) is 4.74 Å². The lowest BCUT2D eigenvalue weighted by molar-refractivity contribution is -0.120. The number of rotatable bonds is 7. The predicted molar refractivity (Wildman–Crippen MR) is 64.4 cm³/mol.